The highest BCUT2D eigenvalue weighted by Gasteiger charge is 2.31. The van der Waals surface area contributed by atoms with Gasteiger partial charge < -0.3 is 4.90 Å². The van der Waals surface area contributed by atoms with E-state index in [4.69, 9.17) is 0 Å². The Kier molecular flexibility index (Phi) is 5.18. The van der Waals surface area contributed by atoms with Gasteiger partial charge in [0.15, 0.2) is 11.0 Å². The predicted octanol–water partition coefficient (Wildman–Crippen LogP) is 4.97. The van der Waals surface area contributed by atoms with E-state index in [0.717, 1.165) is 48.0 Å². The van der Waals surface area contributed by atoms with Gasteiger partial charge in [0.2, 0.25) is 5.91 Å². The van der Waals surface area contributed by atoms with E-state index < -0.39 is 0 Å². The van der Waals surface area contributed by atoms with Gasteiger partial charge in [-0.3, -0.25) is 9.36 Å². The summed E-state index contributed by atoms with van der Waals surface area (Å²) >= 11 is 3.20. The molecule has 0 N–H and O–H groups in total. The number of aromatic nitrogens is 3. The van der Waals surface area contributed by atoms with Crippen LogP contribution in [0.4, 0.5) is 0 Å². The second-order valence-electron chi connectivity index (χ2n) is 7.78. The lowest BCUT2D eigenvalue weighted by Crippen LogP contribution is -2.34. The van der Waals surface area contributed by atoms with Crippen LogP contribution in [0.25, 0.3) is 10.7 Å². The van der Waals surface area contributed by atoms with Gasteiger partial charge in [-0.25, -0.2) is 0 Å². The SMILES string of the molecule is CN(C(=O)CSc1nnc(-c2cccs2)n1C1CC1)[C@H]1CCCc2ccccc21. The first-order valence-corrected chi connectivity index (χ1v) is 12.0. The van der Waals surface area contributed by atoms with Gasteiger partial charge in [0.25, 0.3) is 0 Å². The molecule has 0 saturated heterocycles. The van der Waals surface area contributed by atoms with Gasteiger partial charge >= 0.3 is 0 Å². The molecule has 150 valence electrons. The fourth-order valence-electron chi connectivity index (χ4n) is 4.14. The highest BCUT2D eigenvalue weighted by molar-refractivity contribution is 7.99. The van der Waals surface area contributed by atoms with Gasteiger partial charge in [0.05, 0.1) is 16.7 Å². The summed E-state index contributed by atoms with van der Waals surface area (Å²) in [6.45, 7) is 0. The summed E-state index contributed by atoms with van der Waals surface area (Å²) in [4.78, 5) is 16.1. The van der Waals surface area contributed by atoms with Crippen molar-refractivity contribution in [3.8, 4) is 10.7 Å². The van der Waals surface area contributed by atoms with E-state index in [1.54, 1.807) is 11.3 Å². The Hall–Kier alpha value is -2.12. The molecular formula is C22H24N4OS2. The Morgan fingerprint density at radius 1 is 1.21 bits per heavy atom. The first-order valence-electron chi connectivity index (χ1n) is 10.2. The number of fused-ring (bicyclic) bond motifs is 1. The Labute approximate surface area is 179 Å². The molecule has 1 amide bonds. The largest absolute Gasteiger partial charge is 0.338 e. The number of benzene rings is 1. The third-order valence-electron chi connectivity index (χ3n) is 5.84. The molecule has 5 rings (SSSR count). The number of carbonyl (C=O) groups excluding carboxylic acids is 1. The van der Waals surface area contributed by atoms with Crippen molar-refractivity contribution in [2.24, 2.45) is 0 Å². The topological polar surface area (TPSA) is 51.0 Å². The zero-order chi connectivity index (χ0) is 19.8. The molecule has 1 aromatic carbocycles. The second-order valence-corrected chi connectivity index (χ2v) is 9.68. The normalized spacial score (nSPS) is 18.4. The van der Waals surface area contributed by atoms with Crippen molar-refractivity contribution in [1.82, 2.24) is 19.7 Å². The zero-order valence-electron chi connectivity index (χ0n) is 16.5. The van der Waals surface area contributed by atoms with Crippen LogP contribution in [0.1, 0.15) is 48.9 Å². The molecule has 1 atom stereocenters. The van der Waals surface area contributed by atoms with Crippen molar-refractivity contribution in [2.75, 3.05) is 12.8 Å². The first kappa shape index (κ1) is 18.9. The lowest BCUT2D eigenvalue weighted by atomic mass is 9.87. The molecule has 3 aromatic rings. The van der Waals surface area contributed by atoms with E-state index in [2.05, 4.69) is 50.5 Å². The minimum absolute atomic E-state index is 0.153. The molecule has 0 unspecified atom stereocenters. The summed E-state index contributed by atoms with van der Waals surface area (Å²) in [7, 11) is 1.94. The molecule has 0 spiro atoms. The molecule has 1 fully saturated rings. The van der Waals surface area contributed by atoms with Crippen LogP contribution in [0.2, 0.25) is 0 Å². The average molecular weight is 425 g/mol. The minimum Gasteiger partial charge on any atom is -0.338 e. The van der Waals surface area contributed by atoms with Crippen LogP contribution in [-0.2, 0) is 11.2 Å². The molecule has 1 saturated carbocycles. The first-order chi connectivity index (χ1) is 14.2. The standard InChI is InChI=1S/C22H24N4OS2/c1-25(18-9-4-7-15-6-2-3-8-17(15)18)20(27)14-29-22-24-23-21(19-10-5-13-28-19)26(22)16-11-12-16/h2-3,5-6,8,10,13,16,18H,4,7,9,11-12,14H2,1H3/t18-/m0/s1. The zero-order valence-corrected chi connectivity index (χ0v) is 18.1. The number of hydrogen-bond donors (Lipinski definition) is 0. The van der Waals surface area contributed by atoms with Crippen LogP contribution >= 0.6 is 23.1 Å². The highest BCUT2D eigenvalue weighted by Crippen LogP contribution is 2.42. The maximum absolute atomic E-state index is 13.0. The second kappa shape index (κ2) is 7.95. The maximum Gasteiger partial charge on any atom is 0.233 e. The number of rotatable bonds is 6. The molecule has 2 heterocycles. The maximum atomic E-state index is 13.0. The summed E-state index contributed by atoms with van der Waals surface area (Å²) < 4.78 is 2.24. The van der Waals surface area contributed by atoms with Crippen molar-refractivity contribution >= 4 is 29.0 Å². The lowest BCUT2D eigenvalue weighted by molar-refractivity contribution is -0.129. The Bertz CT molecular complexity index is 1010. The number of nitrogens with zero attached hydrogens (tertiary/aromatic N) is 4. The highest BCUT2D eigenvalue weighted by atomic mass is 32.2. The monoisotopic (exact) mass is 424 g/mol. The van der Waals surface area contributed by atoms with E-state index >= 15 is 0 Å². The van der Waals surface area contributed by atoms with Gasteiger partial charge in [-0.05, 0) is 54.7 Å². The Morgan fingerprint density at radius 2 is 2.07 bits per heavy atom. The molecule has 2 aliphatic carbocycles. The van der Waals surface area contributed by atoms with E-state index in [1.165, 1.54) is 22.9 Å². The molecular weight excluding hydrogens is 400 g/mol. The Balaban J connectivity index is 1.30. The summed E-state index contributed by atoms with van der Waals surface area (Å²) in [5.74, 6) is 1.48. The minimum atomic E-state index is 0.153. The fraction of sp³-hybridized carbons (Fsp3) is 0.409. The van der Waals surface area contributed by atoms with Gasteiger partial charge in [-0.2, -0.15) is 0 Å². The van der Waals surface area contributed by atoms with Gasteiger partial charge in [0.1, 0.15) is 0 Å². The lowest BCUT2D eigenvalue weighted by Gasteiger charge is -2.33. The van der Waals surface area contributed by atoms with Gasteiger partial charge in [-0.1, -0.05) is 42.1 Å². The van der Waals surface area contributed by atoms with Gasteiger partial charge in [0, 0.05) is 13.1 Å². The molecule has 5 nitrogen and oxygen atoms in total. The average Bonchev–Trinajstić information content (AvgIpc) is 3.27. The van der Waals surface area contributed by atoms with Crippen LogP contribution in [0.3, 0.4) is 0 Å². The summed E-state index contributed by atoms with van der Waals surface area (Å²) in [5.41, 5.74) is 2.69. The van der Waals surface area contributed by atoms with Crippen LogP contribution in [0.5, 0.6) is 0 Å². The number of amides is 1. The molecule has 2 aliphatic rings. The molecule has 0 bridgehead atoms. The molecule has 7 heteroatoms. The van der Waals surface area contributed by atoms with Crippen molar-refractivity contribution in [2.45, 2.75) is 49.3 Å². The van der Waals surface area contributed by atoms with E-state index in [-0.39, 0.29) is 11.9 Å². The number of hydrogen-bond acceptors (Lipinski definition) is 5. The fourth-order valence-corrected chi connectivity index (χ4v) is 5.78. The number of thiophene rings is 1. The van der Waals surface area contributed by atoms with Crippen molar-refractivity contribution in [3.63, 3.8) is 0 Å². The quantitative estimate of drug-likeness (QED) is 0.524. The van der Waals surface area contributed by atoms with Crippen LogP contribution in [0.15, 0.2) is 46.9 Å². The molecule has 0 aliphatic heterocycles. The summed E-state index contributed by atoms with van der Waals surface area (Å²) in [6, 6.07) is 13.3. The van der Waals surface area contributed by atoms with E-state index in [9.17, 15) is 4.79 Å². The van der Waals surface area contributed by atoms with Crippen LogP contribution in [0, 0.1) is 0 Å². The molecule has 0 radical (unpaired) electrons. The summed E-state index contributed by atoms with van der Waals surface area (Å²) in [6.07, 6.45) is 5.60. The number of carbonyl (C=O) groups is 1. The molecule has 2 aromatic heterocycles. The van der Waals surface area contributed by atoms with Gasteiger partial charge in [-0.15, -0.1) is 21.5 Å². The van der Waals surface area contributed by atoms with Crippen molar-refractivity contribution in [3.05, 3.63) is 52.9 Å². The van der Waals surface area contributed by atoms with E-state index in [1.807, 2.05) is 18.0 Å². The predicted molar refractivity (Wildman–Crippen MR) is 117 cm³/mol. The smallest absolute Gasteiger partial charge is 0.233 e. The van der Waals surface area contributed by atoms with Crippen LogP contribution in [-0.4, -0.2) is 38.4 Å². The third kappa shape index (κ3) is 3.73. The Morgan fingerprint density at radius 3 is 2.86 bits per heavy atom. The van der Waals surface area contributed by atoms with Crippen molar-refractivity contribution < 1.29 is 4.79 Å². The number of aryl methyl sites for hydroxylation is 1. The third-order valence-corrected chi connectivity index (χ3v) is 7.64. The van der Waals surface area contributed by atoms with E-state index in [0.29, 0.717) is 11.8 Å². The number of thioether (sulfide) groups is 1. The molecule has 29 heavy (non-hydrogen) atoms. The van der Waals surface area contributed by atoms with Crippen LogP contribution < -0.4 is 0 Å². The van der Waals surface area contributed by atoms with Crippen molar-refractivity contribution in [1.29, 1.82) is 0 Å². The summed E-state index contributed by atoms with van der Waals surface area (Å²) in [5, 5.41) is 11.8.